The van der Waals surface area contributed by atoms with Crippen LogP contribution in [0.2, 0.25) is 0 Å². The Morgan fingerprint density at radius 2 is 2.17 bits per heavy atom. The van der Waals surface area contributed by atoms with E-state index in [0.717, 1.165) is 19.0 Å². The fraction of sp³-hybridized carbons (Fsp3) is 0.500. The van der Waals surface area contributed by atoms with Crippen molar-refractivity contribution in [2.45, 2.75) is 45.1 Å². The number of aromatic nitrogens is 1. The number of rotatable bonds is 6. The van der Waals surface area contributed by atoms with Gasteiger partial charge in [0.2, 0.25) is 0 Å². The molecule has 2 nitrogen and oxygen atoms in total. The Labute approximate surface area is 109 Å². The molecule has 1 aromatic heterocycles. The number of aromatic amines is 1. The third-order valence-electron chi connectivity index (χ3n) is 3.90. The minimum Gasteiger partial charge on any atom is -0.361 e. The summed E-state index contributed by atoms with van der Waals surface area (Å²) in [6.45, 7) is 3.37. The van der Waals surface area contributed by atoms with E-state index in [0.29, 0.717) is 0 Å². The van der Waals surface area contributed by atoms with Gasteiger partial charge in [-0.2, -0.15) is 0 Å². The Hall–Kier alpha value is -1.28. The molecule has 2 aromatic rings. The first-order chi connectivity index (χ1) is 8.88. The molecule has 2 N–H and O–H groups in total. The summed E-state index contributed by atoms with van der Waals surface area (Å²) in [6, 6.07) is 7.48. The molecule has 1 aliphatic rings. The maximum Gasteiger partial charge on any atom is 0.0489 e. The molecule has 1 aromatic carbocycles. The average Bonchev–Trinajstić information content (AvgIpc) is 3.14. The van der Waals surface area contributed by atoms with E-state index in [2.05, 4.69) is 41.6 Å². The van der Waals surface area contributed by atoms with Gasteiger partial charge < -0.3 is 10.3 Å². The molecule has 0 spiro atoms. The molecule has 1 saturated carbocycles. The highest BCUT2D eigenvalue weighted by Gasteiger charge is 2.19. The van der Waals surface area contributed by atoms with Gasteiger partial charge in [-0.05, 0) is 49.8 Å². The summed E-state index contributed by atoms with van der Waals surface area (Å²) >= 11 is 0. The number of hydrogen-bond acceptors (Lipinski definition) is 1. The van der Waals surface area contributed by atoms with E-state index < -0.39 is 0 Å². The highest BCUT2D eigenvalue weighted by atomic mass is 14.9. The SMILES string of the molecule is CCc1cccc2c(CCCNC3CC3)c[nH]c12. The van der Waals surface area contributed by atoms with E-state index in [-0.39, 0.29) is 0 Å². The normalized spacial score (nSPS) is 15.4. The second kappa shape index (κ2) is 5.15. The zero-order valence-electron chi connectivity index (χ0n) is 11.1. The first-order valence-corrected chi connectivity index (χ1v) is 7.19. The topological polar surface area (TPSA) is 27.8 Å². The van der Waals surface area contributed by atoms with Gasteiger partial charge in [0.1, 0.15) is 0 Å². The number of para-hydroxylation sites is 1. The molecule has 0 amide bonds. The maximum absolute atomic E-state index is 3.58. The van der Waals surface area contributed by atoms with Crippen molar-refractivity contribution in [1.82, 2.24) is 10.3 Å². The summed E-state index contributed by atoms with van der Waals surface area (Å²) < 4.78 is 0. The van der Waals surface area contributed by atoms with Gasteiger partial charge in [0.25, 0.3) is 0 Å². The summed E-state index contributed by atoms with van der Waals surface area (Å²) in [5.74, 6) is 0. The zero-order chi connectivity index (χ0) is 12.4. The molecule has 1 heterocycles. The van der Waals surface area contributed by atoms with E-state index in [1.807, 2.05) is 0 Å². The van der Waals surface area contributed by atoms with Gasteiger partial charge in [-0.1, -0.05) is 25.1 Å². The van der Waals surface area contributed by atoms with Gasteiger partial charge in [-0.25, -0.2) is 0 Å². The fourth-order valence-electron chi connectivity index (χ4n) is 2.65. The van der Waals surface area contributed by atoms with E-state index in [1.54, 1.807) is 0 Å². The monoisotopic (exact) mass is 242 g/mol. The third-order valence-corrected chi connectivity index (χ3v) is 3.90. The van der Waals surface area contributed by atoms with Gasteiger partial charge in [0.15, 0.2) is 0 Å². The van der Waals surface area contributed by atoms with Crippen LogP contribution in [0.4, 0.5) is 0 Å². The van der Waals surface area contributed by atoms with E-state index in [1.165, 1.54) is 47.7 Å². The van der Waals surface area contributed by atoms with Crippen molar-refractivity contribution in [2.24, 2.45) is 0 Å². The van der Waals surface area contributed by atoms with Gasteiger partial charge in [0, 0.05) is 23.1 Å². The predicted molar refractivity (Wildman–Crippen MR) is 77.0 cm³/mol. The minimum absolute atomic E-state index is 0.833. The van der Waals surface area contributed by atoms with Crippen LogP contribution in [-0.2, 0) is 12.8 Å². The number of benzene rings is 1. The second-order valence-corrected chi connectivity index (χ2v) is 5.34. The number of nitrogens with one attached hydrogen (secondary N) is 2. The molecule has 96 valence electrons. The van der Waals surface area contributed by atoms with Gasteiger partial charge in [0.05, 0.1) is 0 Å². The van der Waals surface area contributed by atoms with Crippen molar-refractivity contribution in [1.29, 1.82) is 0 Å². The van der Waals surface area contributed by atoms with Gasteiger partial charge >= 0.3 is 0 Å². The molecule has 0 aliphatic heterocycles. The van der Waals surface area contributed by atoms with Crippen LogP contribution in [0.15, 0.2) is 24.4 Å². The van der Waals surface area contributed by atoms with Crippen molar-refractivity contribution in [2.75, 3.05) is 6.54 Å². The Bertz CT molecular complexity index is 523. The third kappa shape index (κ3) is 2.44. The lowest BCUT2D eigenvalue weighted by molar-refractivity contribution is 0.646. The van der Waals surface area contributed by atoms with Crippen LogP contribution < -0.4 is 5.32 Å². The Morgan fingerprint density at radius 1 is 1.28 bits per heavy atom. The van der Waals surface area contributed by atoms with Crippen molar-refractivity contribution < 1.29 is 0 Å². The number of fused-ring (bicyclic) bond motifs is 1. The van der Waals surface area contributed by atoms with Crippen LogP contribution in [0.25, 0.3) is 10.9 Å². The number of H-pyrrole nitrogens is 1. The molecule has 1 aliphatic carbocycles. The first kappa shape index (κ1) is 11.8. The number of hydrogen-bond donors (Lipinski definition) is 2. The summed E-state index contributed by atoms with van der Waals surface area (Å²) in [5.41, 5.74) is 4.23. The first-order valence-electron chi connectivity index (χ1n) is 7.19. The van der Waals surface area contributed by atoms with Crippen LogP contribution in [-0.4, -0.2) is 17.6 Å². The fourth-order valence-corrected chi connectivity index (χ4v) is 2.65. The van der Waals surface area contributed by atoms with Crippen molar-refractivity contribution >= 4 is 10.9 Å². The number of aryl methyl sites for hydroxylation is 2. The van der Waals surface area contributed by atoms with Crippen molar-refractivity contribution in [3.05, 3.63) is 35.5 Å². The molecule has 2 heteroatoms. The standard InChI is InChI=1S/C16H22N2/c1-2-12-5-3-7-15-13(11-18-16(12)15)6-4-10-17-14-8-9-14/h3,5,7,11,14,17-18H,2,4,6,8-10H2,1H3. The molecule has 0 atom stereocenters. The predicted octanol–water partition coefficient (Wildman–Crippen LogP) is 3.41. The smallest absolute Gasteiger partial charge is 0.0489 e. The highest BCUT2D eigenvalue weighted by molar-refractivity contribution is 5.86. The molecule has 0 bridgehead atoms. The van der Waals surface area contributed by atoms with Crippen LogP contribution in [0.1, 0.15) is 37.3 Å². The maximum atomic E-state index is 3.58. The van der Waals surface area contributed by atoms with Crippen LogP contribution in [0, 0.1) is 0 Å². The summed E-state index contributed by atoms with van der Waals surface area (Å²) in [5, 5.41) is 5.00. The summed E-state index contributed by atoms with van der Waals surface area (Å²) in [4.78, 5) is 3.45. The average molecular weight is 242 g/mol. The van der Waals surface area contributed by atoms with Gasteiger partial charge in [-0.15, -0.1) is 0 Å². The van der Waals surface area contributed by atoms with E-state index in [4.69, 9.17) is 0 Å². The largest absolute Gasteiger partial charge is 0.361 e. The van der Waals surface area contributed by atoms with Crippen molar-refractivity contribution in [3.63, 3.8) is 0 Å². The molecule has 18 heavy (non-hydrogen) atoms. The zero-order valence-corrected chi connectivity index (χ0v) is 11.1. The molecular weight excluding hydrogens is 220 g/mol. The molecule has 1 fully saturated rings. The van der Waals surface area contributed by atoms with E-state index in [9.17, 15) is 0 Å². The van der Waals surface area contributed by atoms with E-state index >= 15 is 0 Å². The molecule has 0 radical (unpaired) electrons. The molecular formula is C16H22N2. The molecule has 3 rings (SSSR count). The second-order valence-electron chi connectivity index (χ2n) is 5.34. The Balaban J connectivity index is 1.67. The summed E-state index contributed by atoms with van der Waals surface area (Å²) in [6.07, 6.45) is 8.47. The minimum atomic E-state index is 0.833. The quantitative estimate of drug-likeness (QED) is 0.746. The Morgan fingerprint density at radius 3 is 2.94 bits per heavy atom. The van der Waals surface area contributed by atoms with Gasteiger partial charge in [-0.3, -0.25) is 0 Å². The highest BCUT2D eigenvalue weighted by Crippen LogP contribution is 2.23. The van der Waals surface area contributed by atoms with Crippen molar-refractivity contribution in [3.8, 4) is 0 Å². The van der Waals surface area contributed by atoms with Crippen LogP contribution in [0.5, 0.6) is 0 Å². The Kier molecular flexibility index (Phi) is 3.37. The summed E-state index contributed by atoms with van der Waals surface area (Å²) in [7, 11) is 0. The lowest BCUT2D eigenvalue weighted by Gasteiger charge is -2.03. The molecule has 0 unspecified atom stereocenters. The van der Waals surface area contributed by atoms with Crippen LogP contribution in [0.3, 0.4) is 0 Å². The van der Waals surface area contributed by atoms with Crippen LogP contribution >= 0.6 is 0 Å². The lowest BCUT2D eigenvalue weighted by Crippen LogP contribution is -2.17. The lowest BCUT2D eigenvalue weighted by atomic mass is 10.0. The molecule has 0 saturated heterocycles.